The lowest BCUT2D eigenvalue weighted by Crippen LogP contribution is -2.51. The first-order valence-electron chi connectivity index (χ1n) is 13.3. The molecule has 4 rings (SSSR count). The van der Waals surface area contributed by atoms with Crippen LogP contribution in [0.1, 0.15) is 44.4 Å². The number of ether oxygens (including phenoxy) is 2. The molecule has 0 unspecified atom stereocenters. The number of nitrogens with one attached hydrogen (secondary N) is 1. The molecule has 2 amide bonds. The molecule has 40 heavy (non-hydrogen) atoms. The predicted molar refractivity (Wildman–Crippen MR) is 152 cm³/mol. The lowest BCUT2D eigenvalue weighted by molar-refractivity contribution is -0.142. The Labute approximate surface area is 234 Å². The van der Waals surface area contributed by atoms with Crippen molar-refractivity contribution in [2.75, 3.05) is 20.8 Å². The van der Waals surface area contributed by atoms with E-state index in [0.717, 1.165) is 17.5 Å². The van der Waals surface area contributed by atoms with Gasteiger partial charge in [-0.25, -0.2) is 4.68 Å². The SMILES string of the molecule is CCC(C)(C)NC(=O)[C@@H](c1cccnc1)N(CCc1ccc(OC)c(OC)c1)C(=O)Cn1nnc2ccccc21. The summed E-state index contributed by atoms with van der Waals surface area (Å²) in [4.78, 5) is 33.8. The molecule has 0 bridgehead atoms. The van der Waals surface area contributed by atoms with Crippen LogP contribution in [0.25, 0.3) is 11.0 Å². The largest absolute Gasteiger partial charge is 0.493 e. The van der Waals surface area contributed by atoms with Crippen molar-refractivity contribution in [1.29, 1.82) is 0 Å². The van der Waals surface area contributed by atoms with Crippen LogP contribution in [0.4, 0.5) is 0 Å². The molecule has 4 aromatic rings. The Hall–Kier alpha value is -4.47. The Balaban J connectivity index is 1.71. The third-order valence-electron chi connectivity index (χ3n) is 7.02. The number of nitrogens with zero attached hydrogens (tertiary/aromatic N) is 5. The number of carbonyl (C=O) groups excluding carboxylic acids is 2. The van der Waals surface area contributed by atoms with E-state index in [4.69, 9.17) is 9.47 Å². The summed E-state index contributed by atoms with van der Waals surface area (Å²) in [5, 5.41) is 11.5. The second-order valence-electron chi connectivity index (χ2n) is 10.2. The molecule has 2 aromatic carbocycles. The van der Waals surface area contributed by atoms with Crippen LogP contribution in [0.15, 0.2) is 67.0 Å². The number of aromatic nitrogens is 4. The van der Waals surface area contributed by atoms with Gasteiger partial charge in [0.05, 0.1) is 19.7 Å². The number of carbonyl (C=O) groups is 2. The number of hydrogen-bond acceptors (Lipinski definition) is 7. The standard InChI is InChI=1S/C30H36N6O4/c1-6-30(2,3)32-29(38)28(22-10-9-16-31-19-22)35(17-15-21-13-14-25(39-4)26(18-21)40-5)27(37)20-36-24-12-8-7-11-23(24)33-34-36/h7-14,16,18-19,28H,6,15,17,20H2,1-5H3,(H,32,38)/t28-/m1/s1. The molecular weight excluding hydrogens is 508 g/mol. The van der Waals surface area contributed by atoms with Crippen molar-refractivity contribution in [3.05, 3.63) is 78.1 Å². The summed E-state index contributed by atoms with van der Waals surface area (Å²) >= 11 is 0. The van der Waals surface area contributed by atoms with Crippen LogP contribution in [-0.4, -0.2) is 63.0 Å². The van der Waals surface area contributed by atoms with Gasteiger partial charge in [-0.05, 0) is 62.6 Å². The maximum absolute atomic E-state index is 14.0. The molecule has 2 aromatic heterocycles. The maximum Gasteiger partial charge on any atom is 0.247 e. The second kappa shape index (κ2) is 12.6. The van der Waals surface area contributed by atoms with E-state index in [0.29, 0.717) is 29.0 Å². The Morgan fingerprint density at radius 2 is 1.82 bits per heavy atom. The maximum atomic E-state index is 14.0. The van der Waals surface area contributed by atoms with E-state index in [9.17, 15) is 9.59 Å². The molecule has 0 radical (unpaired) electrons. The van der Waals surface area contributed by atoms with Gasteiger partial charge in [0.1, 0.15) is 18.1 Å². The molecule has 0 spiro atoms. The molecule has 2 heterocycles. The van der Waals surface area contributed by atoms with Gasteiger partial charge >= 0.3 is 0 Å². The fraction of sp³-hybridized carbons (Fsp3) is 0.367. The zero-order valence-corrected chi connectivity index (χ0v) is 23.6. The van der Waals surface area contributed by atoms with Gasteiger partial charge in [0.15, 0.2) is 11.5 Å². The molecule has 0 saturated carbocycles. The molecule has 0 fully saturated rings. The van der Waals surface area contributed by atoms with E-state index in [1.165, 1.54) is 0 Å². The third kappa shape index (κ3) is 6.56. The monoisotopic (exact) mass is 544 g/mol. The summed E-state index contributed by atoms with van der Waals surface area (Å²) in [5.41, 5.74) is 2.53. The minimum Gasteiger partial charge on any atom is -0.493 e. The van der Waals surface area contributed by atoms with Crippen LogP contribution in [0.5, 0.6) is 11.5 Å². The molecule has 1 atom stereocenters. The van der Waals surface area contributed by atoms with E-state index < -0.39 is 11.6 Å². The molecule has 210 valence electrons. The molecule has 1 N–H and O–H groups in total. The second-order valence-corrected chi connectivity index (χ2v) is 10.2. The number of amides is 2. The molecule has 0 saturated heterocycles. The van der Waals surface area contributed by atoms with E-state index in [2.05, 4.69) is 20.6 Å². The quantitative estimate of drug-likeness (QED) is 0.287. The first-order valence-corrected chi connectivity index (χ1v) is 13.3. The highest BCUT2D eigenvalue weighted by Gasteiger charge is 2.34. The fourth-order valence-corrected chi connectivity index (χ4v) is 4.44. The average molecular weight is 545 g/mol. The highest BCUT2D eigenvalue weighted by molar-refractivity contribution is 5.89. The lowest BCUT2D eigenvalue weighted by atomic mass is 9.99. The first-order chi connectivity index (χ1) is 19.3. The summed E-state index contributed by atoms with van der Waals surface area (Å²) in [7, 11) is 3.17. The lowest BCUT2D eigenvalue weighted by Gasteiger charge is -2.34. The van der Waals surface area contributed by atoms with Gasteiger partial charge < -0.3 is 19.7 Å². The molecule has 0 aliphatic heterocycles. The van der Waals surface area contributed by atoms with Gasteiger partial charge in [-0.15, -0.1) is 5.10 Å². The van der Waals surface area contributed by atoms with Gasteiger partial charge in [-0.3, -0.25) is 14.6 Å². The van der Waals surface area contributed by atoms with Gasteiger partial charge in [0, 0.05) is 30.0 Å². The number of hydrogen-bond donors (Lipinski definition) is 1. The molecule has 0 aliphatic rings. The van der Waals surface area contributed by atoms with Gasteiger partial charge in [0.2, 0.25) is 11.8 Å². The predicted octanol–water partition coefficient (Wildman–Crippen LogP) is 3.96. The van der Waals surface area contributed by atoms with E-state index >= 15 is 0 Å². The summed E-state index contributed by atoms with van der Waals surface area (Å²) < 4.78 is 12.4. The van der Waals surface area contributed by atoms with Crippen molar-refractivity contribution < 1.29 is 19.1 Å². The molecule has 0 aliphatic carbocycles. The summed E-state index contributed by atoms with van der Waals surface area (Å²) in [6.45, 7) is 6.12. The summed E-state index contributed by atoms with van der Waals surface area (Å²) in [6.07, 6.45) is 4.48. The topological polar surface area (TPSA) is 111 Å². The van der Waals surface area contributed by atoms with Crippen LogP contribution in [-0.2, 0) is 22.6 Å². The number of para-hydroxylation sites is 1. The Bertz CT molecular complexity index is 1450. The van der Waals surface area contributed by atoms with Crippen LogP contribution in [0, 0.1) is 0 Å². The Kier molecular flexibility index (Phi) is 8.98. The van der Waals surface area contributed by atoms with Crippen molar-refractivity contribution >= 4 is 22.8 Å². The van der Waals surface area contributed by atoms with Crippen LogP contribution >= 0.6 is 0 Å². The Morgan fingerprint density at radius 3 is 2.52 bits per heavy atom. The van der Waals surface area contributed by atoms with Crippen molar-refractivity contribution in [2.24, 2.45) is 0 Å². The van der Waals surface area contributed by atoms with Crippen LogP contribution < -0.4 is 14.8 Å². The third-order valence-corrected chi connectivity index (χ3v) is 7.02. The first kappa shape index (κ1) is 28.5. The highest BCUT2D eigenvalue weighted by atomic mass is 16.5. The number of fused-ring (bicyclic) bond motifs is 1. The molecule has 10 heteroatoms. The molecule has 10 nitrogen and oxygen atoms in total. The van der Waals surface area contributed by atoms with E-state index in [1.54, 1.807) is 42.3 Å². The number of benzene rings is 2. The average Bonchev–Trinajstić information content (AvgIpc) is 3.37. The van der Waals surface area contributed by atoms with E-state index in [-0.39, 0.29) is 24.9 Å². The van der Waals surface area contributed by atoms with Crippen molar-refractivity contribution in [3.8, 4) is 11.5 Å². The summed E-state index contributed by atoms with van der Waals surface area (Å²) in [6, 6.07) is 15.8. The molecular formula is C30H36N6O4. The number of rotatable bonds is 12. The van der Waals surface area contributed by atoms with Gasteiger partial charge in [-0.2, -0.15) is 0 Å². The van der Waals surface area contributed by atoms with Gasteiger partial charge in [-0.1, -0.05) is 36.4 Å². The minimum absolute atomic E-state index is 0.0757. The van der Waals surface area contributed by atoms with Crippen LogP contribution in [0.3, 0.4) is 0 Å². The Morgan fingerprint density at radius 1 is 1.05 bits per heavy atom. The smallest absolute Gasteiger partial charge is 0.247 e. The summed E-state index contributed by atoms with van der Waals surface area (Å²) in [5.74, 6) is 0.670. The number of methoxy groups -OCH3 is 2. The van der Waals surface area contributed by atoms with Crippen molar-refractivity contribution in [2.45, 2.75) is 51.7 Å². The highest BCUT2D eigenvalue weighted by Crippen LogP contribution is 2.29. The van der Waals surface area contributed by atoms with Crippen molar-refractivity contribution in [3.63, 3.8) is 0 Å². The normalized spacial score (nSPS) is 12.1. The zero-order chi connectivity index (χ0) is 28.7. The fourth-order valence-electron chi connectivity index (χ4n) is 4.44. The van der Waals surface area contributed by atoms with Crippen molar-refractivity contribution in [1.82, 2.24) is 30.2 Å². The number of pyridine rings is 1. The minimum atomic E-state index is -0.901. The van der Waals surface area contributed by atoms with E-state index in [1.807, 2.05) is 69.3 Å². The zero-order valence-electron chi connectivity index (χ0n) is 23.6. The van der Waals surface area contributed by atoms with Crippen LogP contribution in [0.2, 0.25) is 0 Å². The van der Waals surface area contributed by atoms with Gasteiger partial charge in [0.25, 0.3) is 0 Å².